The summed E-state index contributed by atoms with van der Waals surface area (Å²) < 4.78 is 2.23. The Morgan fingerprint density at radius 2 is 1.77 bits per heavy atom. The van der Waals surface area contributed by atoms with Crippen molar-refractivity contribution in [3.63, 3.8) is 0 Å². The number of nitrogens with one attached hydrogen (secondary N) is 2. The van der Waals surface area contributed by atoms with E-state index in [1.54, 1.807) is 24.3 Å². The Morgan fingerprint density at radius 3 is 2.38 bits per heavy atom. The Balaban J connectivity index is 2.10. The predicted octanol–water partition coefficient (Wildman–Crippen LogP) is 0.486. The fourth-order valence-corrected chi connectivity index (χ4v) is 2.27. The number of hydrogen-bond donors (Lipinski definition) is 2. The number of aryl methyl sites for hydroxylation is 1. The van der Waals surface area contributed by atoms with Gasteiger partial charge in [-0.15, -0.1) is 0 Å². The highest BCUT2D eigenvalue weighted by atomic mass is 16.2. The lowest BCUT2D eigenvalue weighted by Crippen LogP contribution is -2.37. The molecule has 0 aliphatic carbocycles. The maximum Gasteiger partial charge on any atom is 0.330 e. The zero-order valence-corrected chi connectivity index (χ0v) is 14.8. The van der Waals surface area contributed by atoms with E-state index in [0.717, 1.165) is 4.57 Å². The van der Waals surface area contributed by atoms with Crippen LogP contribution < -0.4 is 21.9 Å². The third-order valence-electron chi connectivity index (χ3n) is 3.64. The Labute approximate surface area is 149 Å². The Hall–Kier alpha value is -3.42. The highest BCUT2D eigenvalue weighted by molar-refractivity contribution is 6.02. The van der Waals surface area contributed by atoms with Crippen LogP contribution in [0.5, 0.6) is 0 Å². The van der Waals surface area contributed by atoms with Crippen LogP contribution in [0.2, 0.25) is 0 Å². The van der Waals surface area contributed by atoms with Gasteiger partial charge in [0.05, 0.1) is 5.56 Å². The third-order valence-corrected chi connectivity index (χ3v) is 3.64. The van der Waals surface area contributed by atoms with E-state index in [9.17, 15) is 19.2 Å². The predicted molar refractivity (Wildman–Crippen MR) is 99.0 cm³/mol. The second-order valence-corrected chi connectivity index (χ2v) is 5.60. The molecule has 1 aromatic heterocycles. The molecule has 0 unspecified atom stereocenters. The fourth-order valence-electron chi connectivity index (χ4n) is 2.27. The van der Waals surface area contributed by atoms with Gasteiger partial charge in [-0.05, 0) is 37.3 Å². The molecule has 2 N–H and O–H groups in total. The molecule has 8 nitrogen and oxygen atoms in total. The molecule has 0 atom stereocenters. The van der Waals surface area contributed by atoms with Crippen molar-refractivity contribution in [3.05, 3.63) is 68.5 Å². The fraction of sp³-hybridized carbons (Fsp3) is 0.222. The summed E-state index contributed by atoms with van der Waals surface area (Å²) in [4.78, 5) is 47.3. The smallest absolute Gasteiger partial charge is 0.330 e. The summed E-state index contributed by atoms with van der Waals surface area (Å²) in [5.41, 5.74) is 0.304. The van der Waals surface area contributed by atoms with E-state index in [1.807, 2.05) is 6.92 Å². The first kappa shape index (κ1) is 18.9. The molecule has 0 bridgehead atoms. The molecule has 0 fully saturated rings. The highest BCUT2D eigenvalue weighted by Gasteiger charge is 2.06. The number of aromatic nitrogens is 2. The largest absolute Gasteiger partial charge is 0.352 e. The van der Waals surface area contributed by atoms with Crippen LogP contribution >= 0.6 is 0 Å². The van der Waals surface area contributed by atoms with Gasteiger partial charge in [0.2, 0.25) is 5.91 Å². The summed E-state index contributed by atoms with van der Waals surface area (Å²) >= 11 is 0. The molecule has 136 valence electrons. The van der Waals surface area contributed by atoms with Gasteiger partial charge in [0.15, 0.2) is 0 Å². The van der Waals surface area contributed by atoms with Crippen molar-refractivity contribution >= 4 is 23.6 Å². The van der Waals surface area contributed by atoms with Crippen molar-refractivity contribution in [2.45, 2.75) is 6.92 Å². The molecule has 1 aromatic carbocycles. The number of amides is 2. The molecule has 2 rings (SSSR count). The highest BCUT2D eigenvalue weighted by Crippen LogP contribution is 2.09. The number of hydrogen-bond acceptors (Lipinski definition) is 4. The quantitative estimate of drug-likeness (QED) is 0.761. The second-order valence-electron chi connectivity index (χ2n) is 5.60. The van der Waals surface area contributed by atoms with Gasteiger partial charge in [0, 0.05) is 44.2 Å². The van der Waals surface area contributed by atoms with E-state index in [1.165, 1.54) is 37.0 Å². The lowest BCUT2D eigenvalue weighted by atomic mass is 10.2. The number of nitrogens with zero attached hydrogens (tertiary/aromatic N) is 2. The first-order valence-corrected chi connectivity index (χ1v) is 7.97. The molecule has 2 aromatic rings. The van der Waals surface area contributed by atoms with Gasteiger partial charge >= 0.3 is 5.69 Å². The molecule has 0 saturated heterocycles. The maximum absolute atomic E-state index is 12.0. The zero-order chi connectivity index (χ0) is 19.3. The minimum Gasteiger partial charge on any atom is -0.352 e. The first-order chi connectivity index (χ1) is 12.3. The third kappa shape index (κ3) is 4.35. The number of anilines is 1. The summed E-state index contributed by atoms with van der Waals surface area (Å²) in [6, 6.07) is 6.43. The van der Waals surface area contributed by atoms with Crippen molar-refractivity contribution in [3.8, 4) is 0 Å². The van der Waals surface area contributed by atoms with Crippen LogP contribution in [0.25, 0.3) is 6.08 Å². The van der Waals surface area contributed by atoms with Gasteiger partial charge in [0.25, 0.3) is 11.5 Å². The second kappa shape index (κ2) is 8.11. The van der Waals surface area contributed by atoms with Crippen LogP contribution in [0.3, 0.4) is 0 Å². The molecule has 1 heterocycles. The molecule has 2 amide bonds. The van der Waals surface area contributed by atoms with E-state index in [4.69, 9.17) is 0 Å². The summed E-state index contributed by atoms with van der Waals surface area (Å²) in [6.07, 6.45) is 3.93. The summed E-state index contributed by atoms with van der Waals surface area (Å²) in [6.45, 7) is 2.36. The zero-order valence-electron chi connectivity index (χ0n) is 14.8. The number of benzene rings is 1. The standard InChI is InChI=1S/C18H20N4O4/c1-4-19-16(24)12-5-8-14(9-6-12)20-15(23)10-7-13-11-21(2)18(26)22(3)17(13)25/h5-11H,4H2,1-3H3,(H,19,24)(H,20,23)/b10-7+. The van der Waals surface area contributed by atoms with Crippen LogP contribution in [-0.4, -0.2) is 27.5 Å². The SMILES string of the molecule is CCNC(=O)c1ccc(NC(=O)/C=C/c2cn(C)c(=O)n(C)c2=O)cc1. The van der Waals surface area contributed by atoms with Crippen molar-refractivity contribution in [1.29, 1.82) is 0 Å². The molecular formula is C18H20N4O4. The number of carbonyl (C=O) groups excluding carboxylic acids is 2. The molecule has 0 radical (unpaired) electrons. The average molecular weight is 356 g/mol. The van der Waals surface area contributed by atoms with Crippen molar-refractivity contribution in [2.24, 2.45) is 14.1 Å². The Kier molecular flexibility index (Phi) is 5.90. The monoisotopic (exact) mass is 356 g/mol. The molecule has 0 aliphatic rings. The molecule has 0 saturated carbocycles. The Bertz CT molecular complexity index is 968. The van der Waals surface area contributed by atoms with Gasteiger partial charge in [-0.25, -0.2) is 4.79 Å². The van der Waals surface area contributed by atoms with Crippen LogP contribution in [0.15, 0.2) is 46.1 Å². The Morgan fingerprint density at radius 1 is 1.12 bits per heavy atom. The van der Waals surface area contributed by atoms with E-state index in [-0.39, 0.29) is 11.5 Å². The van der Waals surface area contributed by atoms with Crippen LogP contribution in [-0.2, 0) is 18.9 Å². The van der Waals surface area contributed by atoms with Gasteiger partial charge in [0.1, 0.15) is 0 Å². The van der Waals surface area contributed by atoms with Gasteiger partial charge < -0.3 is 15.2 Å². The van der Waals surface area contributed by atoms with E-state index < -0.39 is 17.2 Å². The van der Waals surface area contributed by atoms with E-state index in [2.05, 4.69) is 10.6 Å². The lowest BCUT2D eigenvalue weighted by molar-refractivity contribution is -0.111. The normalized spacial score (nSPS) is 10.7. The molecule has 0 spiro atoms. The average Bonchev–Trinajstić information content (AvgIpc) is 2.62. The minimum absolute atomic E-state index is 0.184. The molecular weight excluding hydrogens is 336 g/mol. The summed E-state index contributed by atoms with van der Waals surface area (Å²) in [5.74, 6) is -0.623. The van der Waals surface area contributed by atoms with Crippen LogP contribution in [0.1, 0.15) is 22.8 Å². The van der Waals surface area contributed by atoms with Crippen molar-refractivity contribution in [2.75, 3.05) is 11.9 Å². The van der Waals surface area contributed by atoms with Crippen molar-refractivity contribution < 1.29 is 9.59 Å². The van der Waals surface area contributed by atoms with Gasteiger partial charge in [-0.1, -0.05) is 0 Å². The van der Waals surface area contributed by atoms with Crippen molar-refractivity contribution in [1.82, 2.24) is 14.5 Å². The van der Waals surface area contributed by atoms with Crippen LogP contribution in [0, 0.1) is 0 Å². The lowest BCUT2D eigenvalue weighted by Gasteiger charge is -2.05. The number of rotatable bonds is 5. The molecule has 26 heavy (non-hydrogen) atoms. The van der Waals surface area contributed by atoms with Gasteiger partial charge in [-0.2, -0.15) is 0 Å². The van der Waals surface area contributed by atoms with Gasteiger partial charge in [-0.3, -0.25) is 19.0 Å². The molecule has 8 heteroatoms. The van der Waals surface area contributed by atoms with E-state index >= 15 is 0 Å². The number of carbonyl (C=O) groups is 2. The molecule has 0 aliphatic heterocycles. The maximum atomic E-state index is 12.0. The minimum atomic E-state index is -0.483. The summed E-state index contributed by atoms with van der Waals surface area (Å²) in [7, 11) is 2.90. The topological polar surface area (TPSA) is 102 Å². The van der Waals surface area contributed by atoms with Crippen LogP contribution in [0.4, 0.5) is 5.69 Å². The first-order valence-electron chi connectivity index (χ1n) is 7.97. The van der Waals surface area contributed by atoms with E-state index in [0.29, 0.717) is 17.8 Å². The summed E-state index contributed by atoms with van der Waals surface area (Å²) in [5, 5.41) is 5.32.